The molecule has 0 aliphatic carbocycles. The topological polar surface area (TPSA) is 39.9 Å². The fraction of sp³-hybridized carbons (Fsp3) is 0.286. The van der Waals surface area contributed by atoms with Gasteiger partial charge in [0, 0.05) is 41.2 Å². The molecule has 0 saturated heterocycles. The van der Waals surface area contributed by atoms with Crippen molar-refractivity contribution in [3.05, 3.63) is 40.0 Å². The minimum atomic E-state index is 0.643. The summed E-state index contributed by atoms with van der Waals surface area (Å²) in [4.78, 5) is 6.87. The SMILES string of the molecule is CN1CCc2nc3ccc(Cl)cc3c(C#N)c2C1. The van der Waals surface area contributed by atoms with Gasteiger partial charge in [-0.15, -0.1) is 0 Å². The average Bonchev–Trinajstić information content (AvgIpc) is 2.36. The maximum Gasteiger partial charge on any atom is 0.100 e. The molecule has 1 aromatic carbocycles. The van der Waals surface area contributed by atoms with Crippen LogP contribution in [0.4, 0.5) is 0 Å². The van der Waals surface area contributed by atoms with E-state index in [4.69, 9.17) is 11.6 Å². The van der Waals surface area contributed by atoms with Gasteiger partial charge in [-0.1, -0.05) is 11.6 Å². The molecule has 0 N–H and O–H groups in total. The van der Waals surface area contributed by atoms with Crippen LogP contribution < -0.4 is 0 Å². The molecule has 0 saturated carbocycles. The number of benzene rings is 1. The van der Waals surface area contributed by atoms with Crippen molar-refractivity contribution in [1.82, 2.24) is 9.88 Å². The number of halogens is 1. The van der Waals surface area contributed by atoms with Gasteiger partial charge in [-0.05, 0) is 25.2 Å². The van der Waals surface area contributed by atoms with E-state index < -0.39 is 0 Å². The second-order valence-electron chi connectivity index (χ2n) is 4.67. The molecule has 2 heterocycles. The van der Waals surface area contributed by atoms with Crippen LogP contribution in [0.1, 0.15) is 16.8 Å². The molecule has 90 valence electrons. The van der Waals surface area contributed by atoms with Crippen LogP contribution in [-0.4, -0.2) is 23.5 Å². The number of fused-ring (bicyclic) bond motifs is 2. The summed E-state index contributed by atoms with van der Waals surface area (Å²) in [6.45, 7) is 1.78. The molecule has 3 rings (SSSR count). The van der Waals surface area contributed by atoms with Crippen molar-refractivity contribution in [3.63, 3.8) is 0 Å². The first-order chi connectivity index (χ1) is 8.69. The van der Waals surface area contributed by atoms with E-state index in [1.54, 1.807) is 0 Å². The lowest BCUT2D eigenvalue weighted by Crippen LogP contribution is -2.28. The fourth-order valence-electron chi connectivity index (χ4n) is 2.48. The first-order valence-corrected chi connectivity index (χ1v) is 6.26. The Morgan fingerprint density at radius 2 is 2.28 bits per heavy atom. The number of aromatic nitrogens is 1. The van der Waals surface area contributed by atoms with Gasteiger partial charge in [-0.3, -0.25) is 4.98 Å². The smallest absolute Gasteiger partial charge is 0.100 e. The van der Waals surface area contributed by atoms with Crippen molar-refractivity contribution in [1.29, 1.82) is 5.26 Å². The molecule has 0 spiro atoms. The first-order valence-electron chi connectivity index (χ1n) is 5.88. The zero-order valence-corrected chi connectivity index (χ0v) is 10.8. The van der Waals surface area contributed by atoms with Gasteiger partial charge in [0.1, 0.15) is 6.07 Å². The Morgan fingerprint density at radius 3 is 3.06 bits per heavy atom. The fourth-order valence-corrected chi connectivity index (χ4v) is 2.65. The average molecular weight is 258 g/mol. The van der Waals surface area contributed by atoms with Gasteiger partial charge in [0.15, 0.2) is 0 Å². The monoisotopic (exact) mass is 257 g/mol. The van der Waals surface area contributed by atoms with E-state index >= 15 is 0 Å². The van der Waals surface area contributed by atoms with E-state index in [0.717, 1.165) is 47.2 Å². The lowest BCUT2D eigenvalue weighted by molar-refractivity contribution is 0.310. The Kier molecular flexibility index (Phi) is 2.70. The Bertz CT molecular complexity index is 673. The molecule has 0 amide bonds. The quantitative estimate of drug-likeness (QED) is 0.729. The van der Waals surface area contributed by atoms with Gasteiger partial charge >= 0.3 is 0 Å². The molecular weight excluding hydrogens is 246 g/mol. The van der Waals surface area contributed by atoms with Crippen molar-refractivity contribution in [2.45, 2.75) is 13.0 Å². The highest BCUT2D eigenvalue weighted by Crippen LogP contribution is 2.28. The van der Waals surface area contributed by atoms with Gasteiger partial charge in [-0.2, -0.15) is 5.26 Å². The standard InChI is InChI=1S/C14H12ClN3/c1-18-5-4-14-12(8-18)11(7-16)10-6-9(15)2-3-13(10)17-14/h2-3,6H,4-5,8H2,1H3. The van der Waals surface area contributed by atoms with Crippen molar-refractivity contribution in [3.8, 4) is 6.07 Å². The van der Waals surface area contributed by atoms with Gasteiger partial charge in [0.2, 0.25) is 0 Å². The summed E-state index contributed by atoms with van der Waals surface area (Å²) in [5.74, 6) is 0. The zero-order chi connectivity index (χ0) is 12.7. The number of hydrogen-bond acceptors (Lipinski definition) is 3. The lowest BCUT2D eigenvalue weighted by atomic mass is 9.97. The molecule has 0 fully saturated rings. The third-order valence-electron chi connectivity index (χ3n) is 3.40. The third-order valence-corrected chi connectivity index (χ3v) is 3.64. The molecule has 2 aromatic rings. The van der Waals surface area contributed by atoms with Gasteiger partial charge in [0.25, 0.3) is 0 Å². The molecule has 0 unspecified atom stereocenters. The summed E-state index contributed by atoms with van der Waals surface area (Å²) >= 11 is 6.01. The summed E-state index contributed by atoms with van der Waals surface area (Å²) in [7, 11) is 2.06. The molecule has 1 aromatic heterocycles. The first kappa shape index (κ1) is 11.5. The highest BCUT2D eigenvalue weighted by molar-refractivity contribution is 6.31. The molecule has 0 radical (unpaired) electrons. The predicted molar refractivity (Wildman–Crippen MR) is 71.5 cm³/mol. The van der Waals surface area contributed by atoms with Gasteiger partial charge in [-0.25, -0.2) is 0 Å². The van der Waals surface area contributed by atoms with E-state index in [1.165, 1.54) is 0 Å². The predicted octanol–water partition coefficient (Wildman–Crippen LogP) is 2.75. The van der Waals surface area contributed by atoms with E-state index in [1.807, 2.05) is 18.2 Å². The number of hydrogen-bond donors (Lipinski definition) is 0. The Morgan fingerprint density at radius 1 is 1.44 bits per heavy atom. The summed E-state index contributed by atoms with van der Waals surface area (Å²) in [6, 6.07) is 7.86. The normalized spacial score (nSPS) is 15.4. The Labute approximate surface area is 111 Å². The van der Waals surface area contributed by atoms with E-state index in [9.17, 15) is 5.26 Å². The highest BCUT2D eigenvalue weighted by atomic mass is 35.5. The minimum Gasteiger partial charge on any atom is -0.302 e. The molecule has 1 aliphatic heterocycles. The van der Waals surface area contributed by atoms with Crippen LogP contribution in [0.25, 0.3) is 10.9 Å². The number of nitriles is 1. The number of rotatable bonds is 0. The summed E-state index contributed by atoms with van der Waals surface area (Å²) < 4.78 is 0. The minimum absolute atomic E-state index is 0.643. The second-order valence-corrected chi connectivity index (χ2v) is 5.11. The van der Waals surface area contributed by atoms with Crippen LogP contribution in [0.15, 0.2) is 18.2 Å². The molecular formula is C14H12ClN3. The Hall–Kier alpha value is -1.63. The number of likely N-dealkylation sites (N-methyl/N-ethyl adjacent to an activating group) is 1. The van der Waals surface area contributed by atoms with Crippen LogP contribution in [0.3, 0.4) is 0 Å². The molecule has 0 atom stereocenters. The van der Waals surface area contributed by atoms with Crippen molar-refractivity contribution >= 4 is 22.5 Å². The van der Waals surface area contributed by atoms with Crippen LogP contribution in [0.2, 0.25) is 5.02 Å². The van der Waals surface area contributed by atoms with Crippen LogP contribution in [-0.2, 0) is 13.0 Å². The van der Waals surface area contributed by atoms with E-state index in [2.05, 4.69) is 23.0 Å². The molecule has 18 heavy (non-hydrogen) atoms. The van der Waals surface area contributed by atoms with Crippen LogP contribution in [0.5, 0.6) is 0 Å². The van der Waals surface area contributed by atoms with Crippen molar-refractivity contribution < 1.29 is 0 Å². The zero-order valence-electron chi connectivity index (χ0n) is 10.1. The highest BCUT2D eigenvalue weighted by Gasteiger charge is 2.20. The van der Waals surface area contributed by atoms with Crippen LogP contribution >= 0.6 is 11.6 Å². The Balaban J connectivity index is 2.35. The molecule has 1 aliphatic rings. The van der Waals surface area contributed by atoms with Crippen LogP contribution in [0, 0.1) is 11.3 Å². The van der Waals surface area contributed by atoms with Gasteiger partial charge in [0.05, 0.1) is 11.1 Å². The maximum atomic E-state index is 9.43. The maximum absolute atomic E-state index is 9.43. The molecule has 3 nitrogen and oxygen atoms in total. The van der Waals surface area contributed by atoms with E-state index in [0.29, 0.717) is 5.02 Å². The summed E-state index contributed by atoms with van der Waals surface area (Å²) in [5.41, 5.74) is 3.70. The lowest BCUT2D eigenvalue weighted by Gasteiger charge is -2.25. The van der Waals surface area contributed by atoms with Gasteiger partial charge < -0.3 is 4.90 Å². The number of nitrogens with zero attached hydrogens (tertiary/aromatic N) is 3. The van der Waals surface area contributed by atoms with Crippen molar-refractivity contribution in [2.24, 2.45) is 0 Å². The largest absolute Gasteiger partial charge is 0.302 e. The molecule has 0 bridgehead atoms. The second kappa shape index (κ2) is 4.24. The summed E-state index contributed by atoms with van der Waals surface area (Å²) in [5, 5.41) is 10.9. The summed E-state index contributed by atoms with van der Waals surface area (Å²) in [6.07, 6.45) is 0.902. The van der Waals surface area contributed by atoms with Crippen molar-refractivity contribution in [2.75, 3.05) is 13.6 Å². The van der Waals surface area contributed by atoms with E-state index in [-0.39, 0.29) is 0 Å². The number of pyridine rings is 1. The molecule has 4 heteroatoms. The third kappa shape index (κ3) is 1.74.